The van der Waals surface area contributed by atoms with Gasteiger partial charge in [-0.2, -0.15) is 0 Å². The number of benzene rings is 2. The fourth-order valence-electron chi connectivity index (χ4n) is 2.62. The van der Waals surface area contributed by atoms with Crippen LogP contribution in [0, 0.1) is 13.8 Å². The Morgan fingerprint density at radius 1 is 0.636 bits per heavy atom. The molecule has 2 aromatic carbocycles. The summed E-state index contributed by atoms with van der Waals surface area (Å²) in [5.74, 6) is 0. The van der Waals surface area contributed by atoms with E-state index in [-0.39, 0.29) is 0 Å². The molecule has 4 aromatic rings. The number of aromatic nitrogens is 4. The lowest BCUT2D eigenvalue weighted by molar-refractivity contribution is 1.21. The highest BCUT2D eigenvalue weighted by atomic mass is 14.9. The van der Waals surface area contributed by atoms with Gasteiger partial charge in [0.25, 0.3) is 0 Å². The largest absolute Gasteiger partial charge is 0.252 e. The van der Waals surface area contributed by atoms with Gasteiger partial charge in [0, 0.05) is 0 Å². The summed E-state index contributed by atoms with van der Waals surface area (Å²) >= 11 is 0. The number of para-hydroxylation sites is 2. The van der Waals surface area contributed by atoms with E-state index in [9.17, 15) is 0 Å². The fourth-order valence-corrected chi connectivity index (χ4v) is 2.62. The number of fused-ring (bicyclic) bond motifs is 2. The van der Waals surface area contributed by atoms with Crippen molar-refractivity contribution in [3.63, 3.8) is 0 Å². The minimum absolute atomic E-state index is 0.744. The predicted octanol–water partition coefficient (Wildman–Crippen LogP) is 3.86. The molecule has 4 heteroatoms. The smallest absolute Gasteiger partial charge is 0.109 e. The van der Waals surface area contributed by atoms with E-state index in [1.165, 1.54) is 0 Å². The van der Waals surface area contributed by atoms with Crippen LogP contribution in [0.1, 0.15) is 11.1 Å². The van der Waals surface area contributed by atoms with Crippen LogP contribution in [0.15, 0.2) is 48.8 Å². The molecule has 0 bridgehead atoms. The fraction of sp³-hybridized carbons (Fsp3) is 0.111. The molecule has 0 spiro atoms. The number of hydrogen-bond acceptors (Lipinski definition) is 4. The Morgan fingerprint density at radius 2 is 1.09 bits per heavy atom. The third-order valence-electron chi connectivity index (χ3n) is 3.81. The zero-order valence-corrected chi connectivity index (χ0v) is 12.4. The van der Waals surface area contributed by atoms with Gasteiger partial charge in [0.2, 0.25) is 0 Å². The van der Waals surface area contributed by atoms with Crippen molar-refractivity contribution in [2.75, 3.05) is 0 Å². The van der Waals surface area contributed by atoms with E-state index in [1.54, 1.807) is 12.4 Å². The first-order chi connectivity index (χ1) is 10.7. The molecule has 0 aliphatic heterocycles. The monoisotopic (exact) mass is 286 g/mol. The van der Waals surface area contributed by atoms with Crippen LogP contribution in [0.25, 0.3) is 33.5 Å². The molecule has 0 amide bonds. The molecule has 0 aliphatic carbocycles. The molecule has 0 fully saturated rings. The van der Waals surface area contributed by atoms with Gasteiger partial charge in [-0.25, -0.2) is 9.97 Å². The van der Waals surface area contributed by atoms with E-state index >= 15 is 0 Å². The molecule has 0 N–H and O–H groups in total. The van der Waals surface area contributed by atoms with Gasteiger partial charge in [-0.1, -0.05) is 24.3 Å². The first kappa shape index (κ1) is 12.8. The Morgan fingerprint density at radius 3 is 1.55 bits per heavy atom. The Hall–Kier alpha value is -2.88. The average molecular weight is 286 g/mol. The minimum Gasteiger partial charge on any atom is -0.252 e. The topological polar surface area (TPSA) is 51.6 Å². The molecule has 2 heterocycles. The summed E-state index contributed by atoms with van der Waals surface area (Å²) < 4.78 is 0. The molecule has 0 aliphatic rings. The lowest BCUT2D eigenvalue weighted by Crippen LogP contribution is -1.95. The Bertz CT molecular complexity index is 925. The van der Waals surface area contributed by atoms with Crippen molar-refractivity contribution in [2.45, 2.75) is 13.8 Å². The zero-order chi connectivity index (χ0) is 15.1. The number of nitrogens with zero attached hydrogens (tertiary/aromatic N) is 4. The van der Waals surface area contributed by atoms with Gasteiger partial charge >= 0.3 is 0 Å². The summed E-state index contributed by atoms with van der Waals surface area (Å²) in [7, 11) is 0. The third-order valence-corrected chi connectivity index (χ3v) is 3.81. The second kappa shape index (κ2) is 4.84. The van der Waals surface area contributed by atoms with Crippen molar-refractivity contribution in [1.29, 1.82) is 0 Å². The van der Waals surface area contributed by atoms with Crippen LogP contribution in [-0.4, -0.2) is 19.9 Å². The zero-order valence-electron chi connectivity index (χ0n) is 12.4. The maximum absolute atomic E-state index is 4.67. The highest BCUT2D eigenvalue weighted by Gasteiger charge is 2.08. The molecule has 0 saturated carbocycles. The third kappa shape index (κ3) is 2.00. The van der Waals surface area contributed by atoms with Crippen molar-refractivity contribution >= 4 is 22.1 Å². The normalized spacial score (nSPS) is 11.2. The SMILES string of the molecule is Cc1cccc2nc(-c3cnc4c(C)cccc4n3)cnc12. The van der Waals surface area contributed by atoms with Gasteiger partial charge < -0.3 is 0 Å². The van der Waals surface area contributed by atoms with Crippen molar-refractivity contribution in [1.82, 2.24) is 19.9 Å². The number of rotatable bonds is 1. The standard InChI is InChI=1S/C18H14N4/c1-11-5-3-7-13-17(11)19-9-15(21-13)16-10-20-18-12(2)6-4-8-14(18)22-16/h3-10H,1-2H3. The van der Waals surface area contributed by atoms with Gasteiger partial charge in [-0.3, -0.25) is 9.97 Å². The molecule has 4 rings (SSSR count). The molecule has 2 aromatic heterocycles. The second-order valence-electron chi connectivity index (χ2n) is 5.40. The molecular weight excluding hydrogens is 272 g/mol. The second-order valence-corrected chi connectivity index (χ2v) is 5.40. The van der Waals surface area contributed by atoms with Crippen LogP contribution in [0.5, 0.6) is 0 Å². The summed E-state index contributed by atoms with van der Waals surface area (Å²) in [5, 5.41) is 0. The van der Waals surface area contributed by atoms with Crippen LogP contribution in [0.3, 0.4) is 0 Å². The summed E-state index contributed by atoms with van der Waals surface area (Å²) in [6.45, 7) is 4.07. The summed E-state index contributed by atoms with van der Waals surface area (Å²) in [6.07, 6.45) is 3.53. The highest BCUT2D eigenvalue weighted by molar-refractivity contribution is 5.82. The predicted molar refractivity (Wildman–Crippen MR) is 87.5 cm³/mol. The molecule has 106 valence electrons. The van der Waals surface area contributed by atoms with Gasteiger partial charge in [0.05, 0.1) is 34.5 Å². The van der Waals surface area contributed by atoms with E-state index in [2.05, 4.69) is 19.9 Å². The first-order valence-electron chi connectivity index (χ1n) is 7.17. The van der Waals surface area contributed by atoms with E-state index < -0.39 is 0 Å². The van der Waals surface area contributed by atoms with Crippen LogP contribution in [0.2, 0.25) is 0 Å². The first-order valence-corrected chi connectivity index (χ1v) is 7.17. The maximum Gasteiger partial charge on any atom is 0.109 e. The van der Waals surface area contributed by atoms with Crippen LogP contribution in [-0.2, 0) is 0 Å². The Labute approximate surface area is 127 Å². The average Bonchev–Trinajstić information content (AvgIpc) is 2.55. The molecule has 0 radical (unpaired) electrons. The van der Waals surface area contributed by atoms with Gasteiger partial charge in [0.1, 0.15) is 11.4 Å². The lowest BCUT2D eigenvalue weighted by atomic mass is 10.2. The van der Waals surface area contributed by atoms with Gasteiger partial charge in [-0.05, 0) is 37.1 Å². The molecule has 22 heavy (non-hydrogen) atoms. The molecule has 0 saturated heterocycles. The lowest BCUT2D eigenvalue weighted by Gasteiger charge is -2.05. The summed E-state index contributed by atoms with van der Waals surface area (Å²) in [5.41, 5.74) is 7.34. The molecule has 0 atom stereocenters. The van der Waals surface area contributed by atoms with Crippen molar-refractivity contribution in [3.05, 3.63) is 59.9 Å². The van der Waals surface area contributed by atoms with Crippen molar-refractivity contribution in [2.24, 2.45) is 0 Å². The Balaban J connectivity index is 1.91. The summed E-state index contributed by atoms with van der Waals surface area (Å²) in [4.78, 5) is 18.4. The molecule has 4 nitrogen and oxygen atoms in total. The van der Waals surface area contributed by atoms with E-state index in [0.717, 1.165) is 44.6 Å². The van der Waals surface area contributed by atoms with Gasteiger partial charge in [-0.15, -0.1) is 0 Å². The maximum atomic E-state index is 4.67. The van der Waals surface area contributed by atoms with Crippen LogP contribution in [0.4, 0.5) is 0 Å². The number of aryl methyl sites for hydroxylation is 2. The minimum atomic E-state index is 0.744. The number of hydrogen-bond donors (Lipinski definition) is 0. The van der Waals surface area contributed by atoms with E-state index in [1.807, 2.05) is 50.2 Å². The Kier molecular flexibility index (Phi) is 2.82. The van der Waals surface area contributed by atoms with Gasteiger partial charge in [0.15, 0.2) is 0 Å². The van der Waals surface area contributed by atoms with Crippen molar-refractivity contribution in [3.8, 4) is 11.4 Å². The highest BCUT2D eigenvalue weighted by Crippen LogP contribution is 2.21. The van der Waals surface area contributed by atoms with E-state index in [4.69, 9.17) is 0 Å². The van der Waals surface area contributed by atoms with Crippen molar-refractivity contribution < 1.29 is 0 Å². The quantitative estimate of drug-likeness (QED) is 0.533. The molecule has 0 unspecified atom stereocenters. The van der Waals surface area contributed by atoms with Crippen LogP contribution >= 0.6 is 0 Å². The summed E-state index contributed by atoms with van der Waals surface area (Å²) in [6, 6.07) is 12.0. The molecular formula is C18H14N4. The van der Waals surface area contributed by atoms with E-state index in [0.29, 0.717) is 0 Å². The van der Waals surface area contributed by atoms with Crippen LogP contribution < -0.4 is 0 Å².